The summed E-state index contributed by atoms with van der Waals surface area (Å²) < 4.78 is 0. The van der Waals surface area contributed by atoms with Gasteiger partial charge in [-0.2, -0.15) is 0 Å². The maximum atomic E-state index is 11.8. The molecule has 0 aromatic rings. The number of hydrogen-bond acceptors (Lipinski definition) is 2. The van der Waals surface area contributed by atoms with Gasteiger partial charge in [-0.15, -0.1) is 0 Å². The average Bonchev–Trinajstić information content (AvgIpc) is 2.60. The van der Waals surface area contributed by atoms with Crippen molar-refractivity contribution in [3.63, 3.8) is 0 Å². The lowest BCUT2D eigenvalue weighted by atomic mass is 9.98. The third-order valence-electron chi connectivity index (χ3n) is 3.96. The van der Waals surface area contributed by atoms with Crippen molar-refractivity contribution in [2.75, 3.05) is 0 Å². The van der Waals surface area contributed by atoms with Gasteiger partial charge in [0.1, 0.15) is 6.04 Å². The van der Waals surface area contributed by atoms with Crippen LogP contribution in [-0.4, -0.2) is 29.2 Å². The van der Waals surface area contributed by atoms with Gasteiger partial charge in [0.2, 0.25) is 0 Å². The molecule has 0 bridgehead atoms. The summed E-state index contributed by atoms with van der Waals surface area (Å²) in [7, 11) is 0. The predicted octanol–water partition coefficient (Wildman–Crippen LogP) is 1.97. The van der Waals surface area contributed by atoms with E-state index in [9.17, 15) is 9.59 Å². The summed E-state index contributed by atoms with van der Waals surface area (Å²) in [6.07, 6.45) is 3.28. The average molecular weight is 256 g/mol. The first-order valence-corrected chi connectivity index (χ1v) is 6.75. The molecule has 1 aliphatic carbocycles. The van der Waals surface area contributed by atoms with Crippen molar-refractivity contribution < 1.29 is 14.7 Å². The highest BCUT2D eigenvalue weighted by Crippen LogP contribution is 2.30. The van der Waals surface area contributed by atoms with Crippen molar-refractivity contribution in [2.24, 2.45) is 11.8 Å². The minimum Gasteiger partial charge on any atom is -0.480 e. The molecular weight excluding hydrogens is 232 g/mol. The highest BCUT2D eigenvalue weighted by Gasteiger charge is 2.31. The van der Waals surface area contributed by atoms with Crippen molar-refractivity contribution in [1.29, 1.82) is 0 Å². The number of aliphatic carboxylic acids is 1. The number of carboxylic acid groups (broad SMARTS) is 1. The van der Waals surface area contributed by atoms with Gasteiger partial charge in [-0.3, -0.25) is 0 Å². The molecule has 3 N–H and O–H groups in total. The second-order valence-electron chi connectivity index (χ2n) is 5.32. The molecule has 5 heteroatoms. The maximum absolute atomic E-state index is 11.8. The van der Waals surface area contributed by atoms with Crippen LogP contribution in [0, 0.1) is 11.8 Å². The van der Waals surface area contributed by atoms with E-state index in [0.717, 1.165) is 19.3 Å². The molecule has 104 valence electrons. The smallest absolute Gasteiger partial charge is 0.326 e. The fourth-order valence-electron chi connectivity index (χ4n) is 2.48. The van der Waals surface area contributed by atoms with Gasteiger partial charge < -0.3 is 15.7 Å². The highest BCUT2D eigenvalue weighted by molar-refractivity contribution is 5.82. The number of carboxylic acids is 1. The first-order valence-electron chi connectivity index (χ1n) is 6.75. The number of hydrogen-bond donors (Lipinski definition) is 3. The van der Waals surface area contributed by atoms with E-state index in [0.29, 0.717) is 18.3 Å². The Bertz CT molecular complexity index is 307. The monoisotopic (exact) mass is 256 g/mol. The Morgan fingerprint density at radius 1 is 1.33 bits per heavy atom. The van der Waals surface area contributed by atoms with E-state index in [-0.39, 0.29) is 12.1 Å². The quantitative estimate of drug-likeness (QED) is 0.703. The van der Waals surface area contributed by atoms with E-state index in [2.05, 4.69) is 24.5 Å². The topological polar surface area (TPSA) is 78.4 Å². The number of nitrogens with one attached hydrogen (secondary N) is 2. The van der Waals surface area contributed by atoms with Crippen LogP contribution in [0.4, 0.5) is 4.79 Å². The molecular formula is C13H24N2O3. The predicted molar refractivity (Wildman–Crippen MR) is 69.3 cm³/mol. The Hall–Kier alpha value is -1.26. The molecule has 0 heterocycles. The fourth-order valence-corrected chi connectivity index (χ4v) is 2.48. The van der Waals surface area contributed by atoms with Crippen molar-refractivity contribution in [3.05, 3.63) is 0 Å². The number of amides is 2. The van der Waals surface area contributed by atoms with Gasteiger partial charge in [0.15, 0.2) is 0 Å². The van der Waals surface area contributed by atoms with Crippen LogP contribution in [0.2, 0.25) is 0 Å². The zero-order valence-corrected chi connectivity index (χ0v) is 11.4. The molecule has 1 aliphatic rings. The van der Waals surface area contributed by atoms with Gasteiger partial charge in [-0.1, -0.05) is 27.2 Å². The molecule has 1 fully saturated rings. The van der Waals surface area contributed by atoms with Gasteiger partial charge in [0.25, 0.3) is 0 Å². The molecule has 4 unspecified atom stereocenters. The maximum Gasteiger partial charge on any atom is 0.326 e. The van der Waals surface area contributed by atoms with Gasteiger partial charge in [0, 0.05) is 6.04 Å². The fraction of sp³-hybridized carbons (Fsp3) is 0.846. The first kappa shape index (κ1) is 14.8. The van der Waals surface area contributed by atoms with E-state index >= 15 is 0 Å². The zero-order valence-electron chi connectivity index (χ0n) is 11.4. The van der Waals surface area contributed by atoms with Gasteiger partial charge >= 0.3 is 12.0 Å². The molecule has 2 amide bonds. The summed E-state index contributed by atoms with van der Waals surface area (Å²) in [5.74, 6) is 0.0891. The van der Waals surface area contributed by atoms with Crippen LogP contribution < -0.4 is 10.6 Å². The number of rotatable bonds is 5. The zero-order chi connectivity index (χ0) is 13.7. The minimum atomic E-state index is -0.972. The largest absolute Gasteiger partial charge is 0.480 e. The molecule has 18 heavy (non-hydrogen) atoms. The second-order valence-corrected chi connectivity index (χ2v) is 5.32. The summed E-state index contributed by atoms with van der Waals surface area (Å²) in [6.45, 7) is 6.21. The SMILES string of the molecule is CCCC(NC(=O)NC1CCC(C)C1C)C(=O)O. The van der Waals surface area contributed by atoms with Gasteiger partial charge in [-0.05, 0) is 31.1 Å². The van der Waals surface area contributed by atoms with Crippen LogP contribution in [0.3, 0.4) is 0 Å². The van der Waals surface area contributed by atoms with Crippen molar-refractivity contribution in [3.8, 4) is 0 Å². The Labute approximate surface area is 108 Å². The van der Waals surface area contributed by atoms with Gasteiger partial charge in [0.05, 0.1) is 0 Å². The van der Waals surface area contributed by atoms with E-state index in [1.54, 1.807) is 0 Å². The lowest BCUT2D eigenvalue weighted by molar-refractivity contribution is -0.139. The minimum absolute atomic E-state index is 0.163. The van der Waals surface area contributed by atoms with E-state index in [1.807, 2.05) is 6.92 Å². The van der Waals surface area contributed by atoms with Crippen LogP contribution >= 0.6 is 0 Å². The second kappa shape index (κ2) is 6.61. The van der Waals surface area contributed by atoms with Crippen LogP contribution in [-0.2, 0) is 4.79 Å². The Balaban J connectivity index is 2.43. The highest BCUT2D eigenvalue weighted by atomic mass is 16.4. The number of carbonyl (C=O) groups excluding carboxylic acids is 1. The molecule has 5 nitrogen and oxygen atoms in total. The van der Waals surface area contributed by atoms with E-state index in [1.165, 1.54) is 0 Å². The van der Waals surface area contributed by atoms with Crippen molar-refractivity contribution >= 4 is 12.0 Å². The van der Waals surface area contributed by atoms with Crippen molar-refractivity contribution in [2.45, 2.75) is 58.5 Å². The van der Waals surface area contributed by atoms with Crippen LogP contribution in [0.25, 0.3) is 0 Å². The molecule has 0 radical (unpaired) electrons. The lowest BCUT2D eigenvalue weighted by Crippen LogP contribution is -2.49. The molecule has 0 saturated heterocycles. The summed E-state index contributed by atoms with van der Waals surface area (Å²) >= 11 is 0. The molecule has 4 atom stereocenters. The lowest BCUT2D eigenvalue weighted by Gasteiger charge is -2.21. The summed E-state index contributed by atoms with van der Waals surface area (Å²) in [6, 6.07) is -0.984. The van der Waals surface area contributed by atoms with Crippen molar-refractivity contribution in [1.82, 2.24) is 10.6 Å². The standard InChI is InChI=1S/C13H24N2O3/c1-4-5-11(12(16)17)15-13(18)14-10-7-6-8(2)9(10)3/h8-11H,4-7H2,1-3H3,(H,16,17)(H2,14,15,18). The molecule has 0 aromatic heterocycles. The Kier molecular flexibility index (Phi) is 5.44. The van der Waals surface area contributed by atoms with Crippen LogP contribution in [0.15, 0.2) is 0 Å². The van der Waals surface area contributed by atoms with Crippen LogP contribution in [0.5, 0.6) is 0 Å². The van der Waals surface area contributed by atoms with Crippen LogP contribution in [0.1, 0.15) is 46.5 Å². The molecule has 0 aliphatic heterocycles. The van der Waals surface area contributed by atoms with E-state index in [4.69, 9.17) is 5.11 Å². The third kappa shape index (κ3) is 3.89. The Morgan fingerprint density at radius 3 is 2.44 bits per heavy atom. The molecule has 0 aromatic carbocycles. The van der Waals surface area contributed by atoms with Gasteiger partial charge in [-0.25, -0.2) is 9.59 Å². The first-order chi connectivity index (χ1) is 8.45. The summed E-state index contributed by atoms with van der Waals surface area (Å²) in [5, 5.41) is 14.4. The molecule has 1 rings (SSSR count). The third-order valence-corrected chi connectivity index (χ3v) is 3.96. The summed E-state index contributed by atoms with van der Waals surface area (Å²) in [5.41, 5.74) is 0. The van der Waals surface area contributed by atoms with E-state index < -0.39 is 12.0 Å². The molecule has 1 saturated carbocycles. The Morgan fingerprint density at radius 2 is 2.00 bits per heavy atom. The number of carbonyl (C=O) groups is 2. The normalized spacial score (nSPS) is 28.7. The number of urea groups is 1. The molecule has 0 spiro atoms. The summed E-state index contributed by atoms with van der Waals surface area (Å²) in [4.78, 5) is 22.7.